The quantitative estimate of drug-likeness (QED) is 0.385. The molecule has 3 N–H and O–H groups in total. The van der Waals surface area contributed by atoms with Crippen LogP contribution >= 0.6 is 0 Å². The number of nitrogens with one attached hydrogen (secondary N) is 2. The molecular weight excluding hydrogens is 453 g/mol. The Morgan fingerprint density at radius 3 is 2.69 bits per heavy atom. The van der Waals surface area contributed by atoms with E-state index in [-0.39, 0.29) is 11.9 Å². The molecule has 0 radical (unpaired) electrons. The maximum Gasteiger partial charge on any atom is 0.131 e. The average molecular weight is 490 g/mol. The summed E-state index contributed by atoms with van der Waals surface area (Å²) in [6.45, 7) is 10.1. The van der Waals surface area contributed by atoms with Crippen molar-refractivity contribution in [3.05, 3.63) is 69.8 Å². The van der Waals surface area contributed by atoms with Crippen LogP contribution in [0.4, 0.5) is 10.2 Å². The number of aromatic nitrogens is 3. The monoisotopic (exact) mass is 489 g/mol. The minimum absolute atomic E-state index is 0.223. The van der Waals surface area contributed by atoms with E-state index in [4.69, 9.17) is 0 Å². The van der Waals surface area contributed by atoms with Crippen LogP contribution in [-0.2, 0) is 6.54 Å². The number of benzene rings is 1. The molecule has 190 valence electrons. The molecule has 1 saturated heterocycles. The fourth-order valence-corrected chi connectivity index (χ4v) is 4.76. The summed E-state index contributed by atoms with van der Waals surface area (Å²) in [4.78, 5) is 6.74. The molecule has 1 aliphatic rings. The summed E-state index contributed by atoms with van der Waals surface area (Å²) in [6.07, 6.45) is 7.32. The van der Waals surface area contributed by atoms with Crippen LogP contribution in [0.2, 0.25) is 0 Å². The number of nitrogens with zero attached hydrogens (tertiary/aromatic N) is 3. The highest BCUT2D eigenvalue weighted by Crippen LogP contribution is 2.32. The zero-order valence-corrected chi connectivity index (χ0v) is 21.8. The van der Waals surface area contributed by atoms with E-state index in [9.17, 15) is 5.11 Å². The van der Waals surface area contributed by atoms with Gasteiger partial charge in [0, 0.05) is 42.5 Å². The molecule has 0 saturated carbocycles. The van der Waals surface area contributed by atoms with Gasteiger partial charge in [0.2, 0.25) is 0 Å². The van der Waals surface area contributed by atoms with Gasteiger partial charge in [0.05, 0.1) is 11.8 Å². The number of hydrogen-bond donors (Lipinski definition) is 3. The first-order valence-electron chi connectivity index (χ1n) is 12.6. The molecule has 0 aliphatic carbocycles. The molecule has 1 unspecified atom stereocenters. The Morgan fingerprint density at radius 1 is 1.28 bits per heavy atom. The van der Waals surface area contributed by atoms with Crippen LogP contribution in [0.5, 0.6) is 0 Å². The van der Waals surface area contributed by atoms with Crippen molar-refractivity contribution in [3.63, 3.8) is 0 Å². The SMILES string of the molecule is CC/C(C)=C/c1[nH]nc(-c2ccc(N3CCC(O)C3)nc2)c1/C=C(\C)c1c(C)cc(CNC)cc1F. The van der Waals surface area contributed by atoms with Gasteiger partial charge < -0.3 is 15.3 Å². The Morgan fingerprint density at radius 2 is 2.08 bits per heavy atom. The second-order valence-corrected chi connectivity index (χ2v) is 9.66. The van der Waals surface area contributed by atoms with E-state index in [0.717, 1.165) is 64.4 Å². The molecular formula is C29H36FN5O. The summed E-state index contributed by atoms with van der Waals surface area (Å²) >= 11 is 0. The maximum atomic E-state index is 15.2. The number of pyridine rings is 1. The van der Waals surface area contributed by atoms with Gasteiger partial charge in [-0.2, -0.15) is 5.10 Å². The third-order valence-corrected chi connectivity index (χ3v) is 6.77. The third kappa shape index (κ3) is 5.58. The second-order valence-electron chi connectivity index (χ2n) is 9.66. The number of aryl methyl sites for hydroxylation is 1. The lowest BCUT2D eigenvalue weighted by atomic mass is 9.95. The predicted octanol–water partition coefficient (Wildman–Crippen LogP) is 5.58. The standard InChI is InChI=1S/C29H36FN5O/c1-6-18(2)11-26-24(13-20(4)28-19(3)12-21(15-31-5)14-25(28)30)29(34-33-26)22-7-8-27(32-16-22)35-10-9-23(36)17-35/h7-8,11-14,16,23,31,36H,6,9-10,15,17H2,1-5H3,(H,33,34)/b18-11+,20-13+. The topological polar surface area (TPSA) is 77.1 Å². The predicted molar refractivity (Wildman–Crippen MR) is 146 cm³/mol. The van der Waals surface area contributed by atoms with Gasteiger partial charge >= 0.3 is 0 Å². The molecule has 1 fully saturated rings. The third-order valence-electron chi connectivity index (χ3n) is 6.77. The van der Waals surface area contributed by atoms with Crippen molar-refractivity contribution in [2.75, 3.05) is 25.0 Å². The van der Waals surface area contributed by atoms with E-state index in [1.165, 1.54) is 5.57 Å². The van der Waals surface area contributed by atoms with Crippen molar-refractivity contribution in [3.8, 4) is 11.3 Å². The Balaban J connectivity index is 1.75. The molecule has 36 heavy (non-hydrogen) atoms. The van der Waals surface area contributed by atoms with Crippen LogP contribution in [0.15, 0.2) is 36.0 Å². The highest BCUT2D eigenvalue weighted by Gasteiger charge is 2.22. The Kier molecular flexibility index (Phi) is 8.01. The van der Waals surface area contributed by atoms with Crippen molar-refractivity contribution in [2.45, 2.75) is 53.2 Å². The number of anilines is 1. The van der Waals surface area contributed by atoms with Crippen molar-refractivity contribution in [1.82, 2.24) is 20.5 Å². The summed E-state index contributed by atoms with van der Waals surface area (Å²) < 4.78 is 15.2. The van der Waals surface area contributed by atoms with Crippen molar-refractivity contribution < 1.29 is 9.50 Å². The number of allylic oxidation sites excluding steroid dienone is 2. The molecule has 3 heterocycles. The molecule has 0 amide bonds. The lowest BCUT2D eigenvalue weighted by Gasteiger charge is -2.16. The molecule has 1 aliphatic heterocycles. The van der Waals surface area contributed by atoms with Crippen molar-refractivity contribution in [1.29, 1.82) is 0 Å². The van der Waals surface area contributed by atoms with E-state index in [1.54, 1.807) is 6.07 Å². The summed E-state index contributed by atoms with van der Waals surface area (Å²) in [6, 6.07) is 7.61. The summed E-state index contributed by atoms with van der Waals surface area (Å²) in [5, 5.41) is 20.8. The molecule has 2 aromatic heterocycles. The van der Waals surface area contributed by atoms with E-state index in [0.29, 0.717) is 18.7 Å². The molecule has 0 bridgehead atoms. The number of halogens is 1. The summed E-state index contributed by atoms with van der Waals surface area (Å²) in [7, 11) is 1.86. The number of rotatable bonds is 8. The molecule has 0 spiro atoms. The van der Waals surface area contributed by atoms with Gasteiger partial charge in [-0.3, -0.25) is 5.10 Å². The fraction of sp³-hybridized carbons (Fsp3) is 0.379. The van der Waals surface area contributed by atoms with E-state index < -0.39 is 0 Å². The van der Waals surface area contributed by atoms with E-state index in [2.05, 4.69) is 45.3 Å². The Bertz CT molecular complexity index is 1250. The number of aliphatic hydroxyl groups excluding tert-OH is 1. The average Bonchev–Trinajstić information content (AvgIpc) is 3.45. The first-order chi connectivity index (χ1) is 17.3. The van der Waals surface area contributed by atoms with Crippen LogP contribution in [0.3, 0.4) is 0 Å². The minimum Gasteiger partial charge on any atom is -0.391 e. The summed E-state index contributed by atoms with van der Waals surface area (Å²) in [5.74, 6) is 0.625. The minimum atomic E-state index is -0.301. The lowest BCUT2D eigenvalue weighted by molar-refractivity contribution is 0.198. The molecule has 3 aromatic rings. The normalized spacial score (nSPS) is 16.8. The van der Waals surface area contributed by atoms with Gasteiger partial charge in [-0.1, -0.05) is 18.6 Å². The van der Waals surface area contributed by atoms with Crippen molar-refractivity contribution >= 4 is 23.5 Å². The van der Waals surface area contributed by atoms with Crippen LogP contribution in [-0.4, -0.2) is 46.5 Å². The maximum absolute atomic E-state index is 15.2. The first-order valence-corrected chi connectivity index (χ1v) is 12.6. The number of H-pyrrole nitrogens is 1. The zero-order chi connectivity index (χ0) is 25.8. The van der Waals surface area contributed by atoms with Gasteiger partial charge in [0.1, 0.15) is 17.3 Å². The van der Waals surface area contributed by atoms with E-state index >= 15 is 4.39 Å². The van der Waals surface area contributed by atoms with Crippen LogP contribution < -0.4 is 10.2 Å². The molecule has 1 atom stereocenters. The Hall–Kier alpha value is -3.29. The van der Waals surface area contributed by atoms with Gasteiger partial charge in [0.25, 0.3) is 0 Å². The van der Waals surface area contributed by atoms with Gasteiger partial charge in [-0.15, -0.1) is 0 Å². The molecule has 6 nitrogen and oxygen atoms in total. The lowest BCUT2D eigenvalue weighted by Crippen LogP contribution is -2.21. The zero-order valence-electron chi connectivity index (χ0n) is 21.8. The molecule has 4 rings (SSSR count). The van der Waals surface area contributed by atoms with Crippen molar-refractivity contribution in [2.24, 2.45) is 0 Å². The number of β-amino-alcohol motifs (C(OH)–C–C–N with tert-alkyl or cyclic N) is 1. The molecule has 7 heteroatoms. The molecule has 1 aromatic carbocycles. The number of hydrogen-bond acceptors (Lipinski definition) is 5. The Labute approximate surface area is 213 Å². The van der Waals surface area contributed by atoms with Crippen LogP contribution in [0.25, 0.3) is 29.0 Å². The summed E-state index contributed by atoms with van der Waals surface area (Å²) in [5.41, 5.74) is 7.95. The first kappa shape index (κ1) is 25.8. The highest BCUT2D eigenvalue weighted by molar-refractivity contribution is 5.89. The van der Waals surface area contributed by atoms with Crippen LogP contribution in [0.1, 0.15) is 61.6 Å². The largest absolute Gasteiger partial charge is 0.391 e. The smallest absolute Gasteiger partial charge is 0.131 e. The van der Waals surface area contributed by atoms with Gasteiger partial charge in [-0.05, 0) is 87.7 Å². The van der Waals surface area contributed by atoms with Gasteiger partial charge in [0.15, 0.2) is 0 Å². The number of aromatic amines is 1. The number of aliphatic hydroxyl groups is 1. The van der Waals surface area contributed by atoms with Crippen LogP contribution in [0, 0.1) is 12.7 Å². The highest BCUT2D eigenvalue weighted by atomic mass is 19.1. The van der Waals surface area contributed by atoms with Gasteiger partial charge in [-0.25, -0.2) is 9.37 Å². The second kappa shape index (κ2) is 11.2. The van der Waals surface area contributed by atoms with E-state index in [1.807, 2.05) is 51.4 Å². The fourth-order valence-electron chi connectivity index (χ4n) is 4.76.